The van der Waals surface area contributed by atoms with Crippen LogP contribution >= 0.6 is 11.3 Å². The Morgan fingerprint density at radius 1 is 1.32 bits per heavy atom. The first kappa shape index (κ1) is 14.0. The highest BCUT2D eigenvalue weighted by atomic mass is 32.1. The third-order valence-corrected chi connectivity index (χ3v) is 3.98. The molecule has 0 saturated carbocycles. The third-order valence-electron chi connectivity index (χ3n) is 2.79. The Bertz CT molecular complexity index is 534. The number of nitrogens with zero attached hydrogens (tertiary/aromatic N) is 1. The van der Waals surface area contributed by atoms with Crippen molar-refractivity contribution in [1.82, 2.24) is 4.98 Å². The third kappa shape index (κ3) is 3.78. The Balaban J connectivity index is 1.99. The molecule has 0 radical (unpaired) electrons. The van der Waals surface area contributed by atoms with Crippen LogP contribution in [0.4, 0.5) is 0 Å². The first-order valence-corrected chi connectivity index (χ1v) is 7.29. The van der Waals surface area contributed by atoms with Gasteiger partial charge >= 0.3 is 0 Å². The second-order valence-corrected chi connectivity index (χ2v) is 5.76. The molecule has 0 aliphatic rings. The summed E-state index contributed by atoms with van der Waals surface area (Å²) in [5.41, 5.74) is 1.81. The molecule has 0 aliphatic heterocycles. The van der Waals surface area contributed by atoms with Crippen LogP contribution in [0.1, 0.15) is 49.1 Å². The van der Waals surface area contributed by atoms with Crippen molar-refractivity contribution >= 4 is 11.3 Å². The molecule has 0 spiro atoms. The SMILES string of the molecule is CC(C)c1nc(COc2cccc(C(C)O)c2)cs1. The molecule has 102 valence electrons. The van der Waals surface area contributed by atoms with Gasteiger partial charge in [-0.2, -0.15) is 0 Å². The lowest BCUT2D eigenvalue weighted by atomic mass is 10.1. The second kappa shape index (κ2) is 6.17. The molecule has 3 nitrogen and oxygen atoms in total. The van der Waals surface area contributed by atoms with Gasteiger partial charge in [0.15, 0.2) is 0 Å². The summed E-state index contributed by atoms with van der Waals surface area (Å²) in [6, 6.07) is 7.53. The average Bonchev–Trinajstić information content (AvgIpc) is 2.85. The zero-order valence-corrected chi connectivity index (χ0v) is 12.3. The maximum Gasteiger partial charge on any atom is 0.131 e. The highest BCUT2D eigenvalue weighted by molar-refractivity contribution is 7.09. The smallest absolute Gasteiger partial charge is 0.131 e. The minimum atomic E-state index is -0.477. The van der Waals surface area contributed by atoms with Gasteiger partial charge in [0.2, 0.25) is 0 Å². The fourth-order valence-electron chi connectivity index (χ4n) is 1.68. The maximum absolute atomic E-state index is 9.53. The van der Waals surface area contributed by atoms with Gasteiger partial charge in [0.25, 0.3) is 0 Å². The Labute approximate surface area is 117 Å². The van der Waals surface area contributed by atoms with Gasteiger partial charge in [-0.05, 0) is 24.6 Å². The standard InChI is InChI=1S/C15H19NO2S/c1-10(2)15-16-13(9-19-15)8-18-14-6-4-5-12(7-14)11(3)17/h4-7,9-11,17H,8H2,1-3H3. The van der Waals surface area contributed by atoms with Crippen LogP contribution in [0.3, 0.4) is 0 Å². The van der Waals surface area contributed by atoms with Crippen LogP contribution in [-0.4, -0.2) is 10.1 Å². The molecule has 2 rings (SSSR count). The first-order chi connectivity index (χ1) is 9.06. The van der Waals surface area contributed by atoms with Crippen LogP contribution in [0, 0.1) is 0 Å². The van der Waals surface area contributed by atoms with E-state index in [-0.39, 0.29) is 0 Å². The average molecular weight is 277 g/mol. The summed E-state index contributed by atoms with van der Waals surface area (Å²) in [5.74, 6) is 1.22. The van der Waals surface area contributed by atoms with Crippen LogP contribution in [0.15, 0.2) is 29.6 Å². The summed E-state index contributed by atoms with van der Waals surface area (Å²) in [5, 5.41) is 12.7. The summed E-state index contributed by atoms with van der Waals surface area (Å²) >= 11 is 1.67. The fraction of sp³-hybridized carbons (Fsp3) is 0.400. The predicted molar refractivity (Wildman–Crippen MR) is 77.6 cm³/mol. The summed E-state index contributed by atoms with van der Waals surface area (Å²) in [6.45, 7) is 6.48. The van der Waals surface area contributed by atoms with Crippen molar-refractivity contribution in [2.24, 2.45) is 0 Å². The molecular formula is C15H19NO2S. The zero-order chi connectivity index (χ0) is 13.8. The van der Waals surface area contributed by atoms with Gasteiger partial charge in [-0.15, -0.1) is 11.3 Å². The van der Waals surface area contributed by atoms with Crippen LogP contribution in [0.25, 0.3) is 0 Å². The number of benzene rings is 1. The van der Waals surface area contributed by atoms with Gasteiger partial charge in [0, 0.05) is 11.3 Å². The van der Waals surface area contributed by atoms with Gasteiger partial charge < -0.3 is 9.84 Å². The molecule has 0 saturated heterocycles. The molecule has 0 fully saturated rings. The van der Waals surface area contributed by atoms with Gasteiger partial charge in [0.05, 0.1) is 16.8 Å². The number of hydrogen-bond acceptors (Lipinski definition) is 4. The minimum absolute atomic E-state index is 0.456. The molecule has 1 aromatic carbocycles. The molecule has 1 unspecified atom stereocenters. The van der Waals surface area contributed by atoms with E-state index in [1.54, 1.807) is 18.3 Å². The topological polar surface area (TPSA) is 42.4 Å². The number of aliphatic hydroxyl groups is 1. The lowest BCUT2D eigenvalue weighted by Crippen LogP contribution is -1.98. The number of aromatic nitrogens is 1. The summed E-state index contributed by atoms with van der Waals surface area (Å²) in [6.07, 6.45) is -0.477. The van der Waals surface area contributed by atoms with Crippen LogP contribution in [0.2, 0.25) is 0 Å². The Morgan fingerprint density at radius 3 is 2.74 bits per heavy atom. The number of hydrogen-bond donors (Lipinski definition) is 1. The van der Waals surface area contributed by atoms with E-state index in [4.69, 9.17) is 4.74 Å². The van der Waals surface area contributed by atoms with Gasteiger partial charge in [-0.3, -0.25) is 0 Å². The van der Waals surface area contributed by atoms with E-state index in [1.807, 2.05) is 29.6 Å². The van der Waals surface area contributed by atoms with Crippen molar-refractivity contribution in [1.29, 1.82) is 0 Å². The zero-order valence-electron chi connectivity index (χ0n) is 11.5. The fourth-order valence-corrected chi connectivity index (χ4v) is 2.50. The molecule has 2 aromatic rings. The predicted octanol–water partition coefficient (Wildman–Crippen LogP) is 3.90. The summed E-state index contributed by atoms with van der Waals surface area (Å²) in [4.78, 5) is 4.53. The molecule has 0 aliphatic carbocycles. The van der Waals surface area contributed by atoms with E-state index in [2.05, 4.69) is 18.8 Å². The lowest BCUT2D eigenvalue weighted by Gasteiger charge is -2.08. The normalized spacial score (nSPS) is 12.7. The number of rotatable bonds is 5. The van der Waals surface area contributed by atoms with Crippen LogP contribution in [-0.2, 0) is 6.61 Å². The quantitative estimate of drug-likeness (QED) is 0.901. The van der Waals surface area contributed by atoms with Crippen LogP contribution in [0.5, 0.6) is 5.75 Å². The van der Waals surface area contributed by atoms with E-state index < -0.39 is 6.10 Å². The van der Waals surface area contributed by atoms with E-state index >= 15 is 0 Å². The molecule has 1 aromatic heterocycles. The largest absolute Gasteiger partial charge is 0.487 e. The number of ether oxygens (including phenoxy) is 1. The van der Waals surface area contributed by atoms with Crippen molar-refractivity contribution in [3.63, 3.8) is 0 Å². The van der Waals surface area contributed by atoms with Crippen molar-refractivity contribution < 1.29 is 9.84 Å². The first-order valence-electron chi connectivity index (χ1n) is 6.41. The van der Waals surface area contributed by atoms with E-state index in [9.17, 15) is 5.11 Å². The van der Waals surface area contributed by atoms with Crippen molar-refractivity contribution in [3.8, 4) is 5.75 Å². The molecule has 0 bridgehead atoms. The Morgan fingerprint density at radius 2 is 2.11 bits per heavy atom. The van der Waals surface area contributed by atoms with Crippen molar-refractivity contribution in [2.75, 3.05) is 0 Å². The lowest BCUT2D eigenvalue weighted by molar-refractivity contribution is 0.198. The van der Waals surface area contributed by atoms with Crippen molar-refractivity contribution in [3.05, 3.63) is 45.9 Å². The number of aliphatic hydroxyl groups excluding tert-OH is 1. The summed E-state index contributed by atoms with van der Waals surface area (Å²) in [7, 11) is 0. The Kier molecular flexibility index (Phi) is 4.56. The molecule has 19 heavy (non-hydrogen) atoms. The highest BCUT2D eigenvalue weighted by Gasteiger charge is 2.07. The second-order valence-electron chi connectivity index (χ2n) is 4.87. The monoisotopic (exact) mass is 277 g/mol. The molecule has 1 heterocycles. The van der Waals surface area contributed by atoms with Gasteiger partial charge in [-0.1, -0.05) is 26.0 Å². The summed E-state index contributed by atoms with van der Waals surface area (Å²) < 4.78 is 5.71. The number of thiazole rings is 1. The molecule has 1 N–H and O–H groups in total. The molecule has 1 atom stereocenters. The minimum Gasteiger partial charge on any atom is -0.487 e. The van der Waals surface area contributed by atoms with E-state index in [1.165, 1.54) is 0 Å². The van der Waals surface area contributed by atoms with Crippen LogP contribution < -0.4 is 4.74 Å². The van der Waals surface area contributed by atoms with E-state index in [0.717, 1.165) is 22.0 Å². The molecule has 0 amide bonds. The Hall–Kier alpha value is -1.39. The highest BCUT2D eigenvalue weighted by Crippen LogP contribution is 2.22. The van der Waals surface area contributed by atoms with E-state index in [0.29, 0.717) is 12.5 Å². The molecule has 4 heteroatoms. The molecular weight excluding hydrogens is 258 g/mol. The van der Waals surface area contributed by atoms with Gasteiger partial charge in [0.1, 0.15) is 12.4 Å². The van der Waals surface area contributed by atoms with Gasteiger partial charge in [-0.25, -0.2) is 4.98 Å². The van der Waals surface area contributed by atoms with Crippen molar-refractivity contribution in [2.45, 2.75) is 39.4 Å². The maximum atomic E-state index is 9.53.